The van der Waals surface area contributed by atoms with E-state index in [1.807, 2.05) is 13.8 Å². The number of hydrogen-bond donors (Lipinski definition) is 4. The highest BCUT2D eigenvalue weighted by Gasteiger charge is 2.35. The molecule has 9 heteroatoms. The molecule has 7 nitrogen and oxygen atoms in total. The first-order valence-corrected chi connectivity index (χ1v) is 11.0. The Morgan fingerprint density at radius 3 is 2.42 bits per heavy atom. The molecule has 0 spiro atoms. The quantitative estimate of drug-likeness (QED) is 0.179. The number of amides is 2. The number of rotatable bonds is 8. The molecular weight excluding hydrogens is 532 g/mol. The standard InChI is InChI=1S/C22H24Br2N2O5/c1-22(2,12-4-3-5-19(28)26-30)20(17-13-15(24)8-11-18(17)27)31-21(29)25-16-9-6-14(23)7-10-16/h3,5-11,13,20,27,30H,4,12H2,1-2H3,(H,25,29)(H,26,28)/b5-3+/t20-/m1/s1. The summed E-state index contributed by atoms with van der Waals surface area (Å²) in [5, 5.41) is 21.7. The van der Waals surface area contributed by atoms with Gasteiger partial charge in [-0.2, -0.15) is 0 Å². The van der Waals surface area contributed by atoms with E-state index in [4.69, 9.17) is 9.94 Å². The fourth-order valence-electron chi connectivity index (χ4n) is 2.98. The Labute approximate surface area is 197 Å². The summed E-state index contributed by atoms with van der Waals surface area (Å²) in [6, 6.07) is 12.0. The second-order valence-electron chi connectivity index (χ2n) is 7.53. The molecule has 0 saturated carbocycles. The average molecular weight is 556 g/mol. The maximum Gasteiger partial charge on any atom is 0.412 e. The molecule has 31 heavy (non-hydrogen) atoms. The number of carbonyl (C=O) groups excluding carboxylic acids is 2. The molecule has 0 aliphatic rings. The molecule has 2 rings (SSSR count). The Bertz CT molecular complexity index is 945. The summed E-state index contributed by atoms with van der Waals surface area (Å²) in [5.74, 6) is -0.614. The second kappa shape index (κ2) is 11.3. The van der Waals surface area contributed by atoms with E-state index in [0.29, 0.717) is 24.1 Å². The van der Waals surface area contributed by atoms with E-state index in [0.717, 1.165) is 8.95 Å². The monoisotopic (exact) mass is 554 g/mol. The van der Waals surface area contributed by atoms with Crippen LogP contribution in [0.4, 0.5) is 10.5 Å². The Hall–Kier alpha value is -2.36. The summed E-state index contributed by atoms with van der Waals surface area (Å²) in [6.07, 6.45) is 2.43. The fraction of sp³-hybridized carbons (Fsp3) is 0.273. The van der Waals surface area contributed by atoms with Crippen LogP contribution in [-0.2, 0) is 9.53 Å². The predicted octanol–water partition coefficient (Wildman–Crippen LogP) is 6.08. The van der Waals surface area contributed by atoms with E-state index in [-0.39, 0.29) is 5.75 Å². The van der Waals surface area contributed by atoms with E-state index in [9.17, 15) is 14.7 Å². The zero-order valence-corrected chi connectivity index (χ0v) is 20.2. The molecule has 1 atom stereocenters. The first-order valence-electron chi connectivity index (χ1n) is 9.44. The van der Waals surface area contributed by atoms with Crippen molar-refractivity contribution in [2.45, 2.75) is 32.8 Å². The molecule has 0 bridgehead atoms. The molecule has 0 aromatic heterocycles. The topological polar surface area (TPSA) is 108 Å². The van der Waals surface area contributed by atoms with Crippen LogP contribution in [0.1, 0.15) is 38.4 Å². The van der Waals surface area contributed by atoms with E-state index in [2.05, 4.69) is 37.2 Å². The average Bonchev–Trinajstić information content (AvgIpc) is 2.72. The van der Waals surface area contributed by atoms with E-state index < -0.39 is 23.5 Å². The lowest BCUT2D eigenvalue weighted by Gasteiger charge is -2.34. The van der Waals surface area contributed by atoms with Gasteiger partial charge in [-0.1, -0.05) is 51.8 Å². The summed E-state index contributed by atoms with van der Waals surface area (Å²) >= 11 is 6.74. The highest BCUT2D eigenvalue weighted by Crippen LogP contribution is 2.44. The molecule has 0 unspecified atom stereocenters. The van der Waals surface area contributed by atoms with Crippen molar-refractivity contribution >= 4 is 49.5 Å². The van der Waals surface area contributed by atoms with Crippen molar-refractivity contribution in [2.24, 2.45) is 5.41 Å². The predicted molar refractivity (Wildman–Crippen MR) is 125 cm³/mol. The number of phenolic OH excluding ortho intramolecular Hbond substituents is 1. The minimum atomic E-state index is -0.777. The number of nitrogens with one attached hydrogen (secondary N) is 2. The van der Waals surface area contributed by atoms with Gasteiger partial charge in [-0.15, -0.1) is 0 Å². The molecule has 0 fully saturated rings. The third-order valence-corrected chi connectivity index (χ3v) is 5.65. The smallest absolute Gasteiger partial charge is 0.412 e. The molecule has 2 aromatic rings. The fourth-order valence-corrected chi connectivity index (χ4v) is 3.62. The molecule has 2 amide bonds. The van der Waals surface area contributed by atoms with Gasteiger partial charge in [-0.3, -0.25) is 15.3 Å². The van der Waals surface area contributed by atoms with E-state index >= 15 is 0 Å². The lowest BCUT2D eigenvalue weighted by atomic mass is 9.78. The van der Waals surface area contributed by atoms with Crippen molar-refractivity contribution in [2.75, 3.05) is 5.32 Å². The normalized spacial score (nSPS) is 12.4. The van der Waals surface area contributed by atoms with Crippen molar-refractivity contribution in [3.05, 3.63) is 69.1 Å². The minimum absolute atomic E-state index is 0.00733. The highest BCUT2D eigenvalue weighted by molar-refractivity contribution is 9.10. The van der Waals surface area contributed by atoms with Gasteiger partial charge in [-0.25, -0.2) is 10.3 Å². The zero-order valence-electron chi connectivity index (χ0n) is 17.1. The molecule has 0 aliphatic carbocycles. The molecule has 4 N–H and O–H groups in total. The van der Waals surface area contributed by atoms with Gasteiger partial charge in [0.2, 0.25) is 0 Å². The molecule has 0 saturated heterocycles. The van der Waals surface area contributed by atoms with Crippen LogP contribution in [0.3, 0.4) is 0 Å². The van der Waals surface area contributed by atoms with Gasteiger partial charge >= 0.3 is 6.09 Å². The van der Waals surface area contributed by atoms with Gasteiger partial charge < -0.3 is 9.84 Å². The van der Waals surface area contributed by atoms with Crippen molar-refractivity contribution < 1.29 is 24.6 Å². The van der Waals surface area contributed by atoms with Crippen LogP contribution in [0.2, 0.25) is 0 Å². The van der Waals surface area contributed by atoms with Crippen LogP contribution >= 0.6 is 31.9 Å². The van der Waals surface area contributed by atoms with Gasteiger partial charge in [0.05, 0.1) is 0 Å². The van der Waals surface area contributed by atoms with E-state index in [1.165, 1.54) is 17.6 Å². The number of carbonyl (C=O) groups is 2. The molecule has 0 heterocycles. The van der Waals surface area contributed by atoms with Crippen LogP contribution < -0.4 is 10.8 Å². The number of benzene rings is 2. The zero-order chi connectivity index (χ0) is 23.0. The molecule has 2 aromatic carbocycles. The van der Waals surface area contributed by atoms with Crippen molar-refractivity contribution in [1.82, 2.24) is 5.48 Å². The van der Waals surface area contributed by atoms with Gasteiger partial charge in [0.15, 0.2) is 0 Å². The first kappa shape index (κ1) is 24.9. The summed E-state index contributed by atoms with van der Waals surface area (Å²) in [4.78, 5) is 23.8. The summed E-state index contributed by atoms with van der Waals surface area (Å²) in [7, 11) is 0. The van der Waals surface area contributed by atoms with Gasteiger partial charge in [0, 0.05) is 31.7 Å². The number of allylic oxidation sites excluding steroid dienone is 1. The van der Waals surface area contributed by atoms with Gasteiger partial charge in [-0.05, 0) is 55.3 Å². The largest absolute Gasteiger partial charge is 0.508 e. The third-order valence-electron chi connectivity index (χ3n) is 4.63. The van der Waals surface area contributed by atoms with Crippen LogP contribution in [-0.4, -0.2) is 22.3 Å². The van der Waals surface area contributed by atoms with Crippen LogP contribution in [0.5, 0.6) is 5.75 Å². The molecular formula is C22H24Br2N2O5. The van der Waals surface area contributed by atoms with Crippen LogP contribution in [0.25, 0.3) is 0 Å². The Balaban J connectivity index is 2.24. The summed E-state index contributed by atoms with van der Waals surface area (Å²) < 4.78 is 7.40. The van der Waals surface area contributed by atoms with Gasteiger partial charge in [0.25, 0.3) is 5.91 Å². The summed E-state index contributed by atoms with van der Waals surface area (Å²) in [5.41, 5.74) is 1.96. The van der Waals surface area contributed by atoms with Crippen molar-refractivity contribution in [3.63, 3.8) is 0 Å². The maximum absolute atomic E-state index is 12.6. The highest BCUT2D eigenvalue weighted by atomic mass is 79.9. The molecule has 0 aliphatic heterocycles. The molecule has 166 valence electrons. The first-order chi connectivity index (χ1) is 14.6. The number of aromatic hydroxyl groups is 1. The number of halogens is 2. The third kappa shape index (κ3) is 7.68. The lowest BCUT2D eigenvalue weighted by Crippen LogP contribution is -2.29. The number of anilines is 1. The minimum Gasteiger partial charge on any atom is -0.508 e. The maximum atomic E-state index is 12.6. The Morgan fingerprint density at radius 1 is 1.13 bits per heavy atom. The van der Waals surface area contributed by atoms with Gasteiger partial charge in [0.1, 0.15) is 11.9 Å². The second-order valence-corrected chi connectivity index (χ2v) is 9.36. The molecule has 0 radical (unpaired) electrons. The lowest BCUT2D eigenvalue weighted by molar-refractivity contribution is -0.124. The number of phenols is 1. The Kier molecular flexibility index (Phi) is 9.09. The summed E-state index contributed by atoms with van der Waals surface area (Å²) in [6.45, 7) is 3.82. The number of hydroxylamine groups is 1. The van der Waals surface area contributed by atoms with Crippen molar-refractivity contribution in [1.29, 1.82) is 0 Å². The Morgan fingerprint density at radius 2 is 1.77 bits per heavy atom. The van der Waals surface area contributed by atoms with Crippen LogP contribution in [0.15, 0.2) is 63.6 Å². The SMILES string of the molecule is CC(C)(CC/C=C/C(=O)NO)[C@H](OC(=O)Nc1ccc(Br)cc1)c1cc(Br)ccc1O. The van der Waals surface area contributed by atoms with Crippen molar-refractivity contribution in [3.8, 4) is 5.75 Å². The number of hydrogen-bond acceptors (Lipinski definition) is 5. The van der Waals surface area contributed by atoms with E-state index in [1.54, 1.807) is 42.5 Å². The van der Waals surface area contributed by atoms with Crippen LogP contribution in [0, 0.1) is 5.41 Å². The number of ether oxygens (including phenoxy) is 1.